The number of hydrogen-bond donors (Lipinski definition) is 1. The van der Waals surface area contributed by atoms with Crippen LogP contribution < -0.4 is 10.5 Å². The Morgan fingerprint density at radius 3 is 2.38 bits per heavy atom. The number of methoxy groups -OCH3 is 1. The maximum absolute atomic E-state index is 12.7. The van der Waals surface area contributed by atoms with Crippen LogP contribution in [0.1, 0.15) is 28.9 Å². The van der Waals surface area contributed by atoms with Crippen molar-refractivity contribution in [3.63, 3.8) is 0 Å². The Hall–Kier alpha value is -2.96. The SMILES string of the molecule is COc1ccc(-c2ncc(C(=O)N3CCC(C(N)=O)CC3)c(C)n2)cc1. The van der Waals surface area contributed by atoms with Crippen LogP contribution in [0.4, 0.5) is 0 Å². The molecule has 0 saturated carbocycles. The number of primary amides is 1. The zero-order chi connectivity index (χ0) is 18.7. The Morgan fingerprint density at radius 2 is 1.85 bits per heavy atom. The fraction of sp³-hybridized carbons (Fsp3) is 0.368. The van der Waals surface area contributed by atoms with Crippen LogP contribution in [-0.2, 0) is 4.79 Å². The van der Waals surface area contributed by atoms with Crippen LogP contribution in [0.15, 0.2) is 30.5 Å². The van der Waals surface area contributed by atoms with Crippen LogP contribution in [0, 0.1) is 12.8 Å². The molecule has 0 radical (unpaired) electrons. The summed E-state index contributed by atoms with van der Waals surface area (Å²) in [6, 6.07) is 7.44. The molecule has 2 amide bonds. The molecule has 1 fully saturated rings. The van der Waals surface area contributed by atoms with Gasteiger partial charge in [-0.15, -0.1) is 0 Å². The molecule has 1 aliphatic heterocycles. The zero-order valence-corrected chi connectivity index (χ0v) is 14.9. The van der Waals surface area contributed by atoms with Crippen molar-refractivity contribution in [3.8, 4) is 17.1 Å². The predicted molar refractivity (Wildman–Crippen MR) is 96.6 cm³/mol. The maximum atomic E-state index is 12.7. The lowest BCUT2D eigenvalue weighted by molar-refractivity contribution is -0.123. The van der Waals surface area contributed by atoms with Gasteiger partial charge in [-0.25, -0.2) is 9.97 Å². The van der Waals surface area contributed by atoms with Crippen molar-refractivity contribution in [2.75, 3.05) is 20.2 Å². The Kier molecular flexibility index (Phi) is 5.16. The van der Waals surface area contributed by atoms with E-state index < -0.39 is 0 Å². The van der Waals surface area contributed by atoms with Crippen molar-refractivity contribution in [1.82, 2.24) is 14.9 Å². The van der Waals surface area contributed by atoms with Crippen molar-refractivity contribution in [2.45, 2.75) is 19.8 Å². The average Bonchev–Trinajstić information content (AvgIpc) is 2.67. The highest BCUT2D eigenvalue weighted by Gasteiger charge is 2.27. The van der Waals surface area contributed by atoms with Gasteiger partial charge in [0.15, 0.2) is 5.82 Å². The number of piperidine rings is 1. The molecule has 2 N–H and O–H groups in total. The van der Waals surface area contributed by atoms with E-state index in [0.717, 1.165) is 11.3 Å². The van der Waals surface area contributed by atoms with Gasteiger partial charge in [-0.3, -0.25) is 9.59 Å². The van der Waals surface area contributed by atoms with E-state index in [0.29, 0.717) is 43.0 Å². The lowest BCUT2D eigenvalue weighted by atomic mass is 9.96. The quantitative estimate of drug-likeness (QED) is 0.903. The number of ether oxygens (including phenoxy) is 1. The molecule has 0 atom stereocenters. The maximum Gasteiger partial charge on any atom is 0.257 e. The van der Waals surface area contributed by atoms with Gasteiger partial charge in [-0.2, -0.15) is 0 Å². The molecule has 7 nitrogen and oxygen atoms in total. The number of aromatic nitrogens is 2. The van der Waals surface area contributed by atoms with Crippen LogP contribution >= 0.6 is 0 Å². The first kappa shape index (κ1) is 17.8. The van der Waals surface area contributed by atoms with Crippen molar-refractivity contribution >= 4 is 11.8 Å². The van der Waals surface area contributed by atoms with Gasteiger partial charge in [-0.05, 0) is 44.0 Å². The summed E-state index contributed by atoms with van der Waals surface area (Å²) in [7, 11) is 1.61. The summed E-state index contributed by atoms with van der Waals surface area (Å²) < 4.78 is 5.15. The number of benzene rings is 1. The molecule has 1 aromatic carbocycles. The summed E-state index contributed by atoms with van der Waals surface area (Å²) >= 11 is 0. The van der Waals surface area contributed by atoms with Gasteiger partial charge >= 0.3 is 0 Å². The topological polar surface area (TPSA) is 98.4 Å². The highest BCUT2D eigenvalue weighted by atomic mass is 16.5. The van der Waals surface area contributed by atoms with E-state index >= 15 is 0 Å². The third-order valence-corrected chi connectivity index (χ3v) is 4.74. The number of amides is 2. The monoisotopic (exact) mass is 354 g/mol. The molecule has 0 aliphatic carbocycles. The largest absolute Gasteiger partial charge is 0.497 e. The number of likely N-dealkylation sites (tertiary alicyclic amines) is 1. The van der Waals surface area contributed by atoms with Gasteiger partial charge in [0.2, 0.25) is 5.91 Å². The van der Waals surface area contributed by atoms with Crippen LogP contribution in [-0.4, -0.2) is 46.9 Å². The first-order valence-electron chi connectivity index (χ1n) is 8.56. The van der Waals surface area contributed by atoms with Crippen LogP contribution in [0.2, 0.25) is 0 Å². The van der Waals surface area contributed by atoms with E-state index in [2.05, 4.69) is 9.97 Å². The Bertz CT molecular complexity index is 812. The lowest BCUT2D eigenvalue weighted by Gasteiger charge is -2.30. The summed E-state index contributed by atoms with van der Waals surface area (Å²) in [6.07, 6.45) is 2.78. The Morgan fingerprint density at radius 1 is 1.19 bits per heavy atom. The molecule has 1 saturated heterocycles. The summed E-state index contributed by atoms with van der Waals surface area (Å²) in [5, 5.41) is 0. The predicted octanol–water partition coefficient (Wildman–Crippen LogP) is 1.80. The number of hydrogen-bond acceptors (Lipinski definition) is 5. The van der Waals surface area contributed by atoms with E-state index in [9.17, 15) is 9.59 Å². The fourth-order valence-corrected chi connectivity index (χ4v) is 3.09. The van der Waals surface area contributed by atoms with Gasteiger partial charge in [-0.1, -0.05) is 0 Å². The molecule has 0 spiro atoms. The van der Waals surface area contributed by atoms with E-state index in [1.165, 1.54) is 0 Å². The molecular formula is C19H22N4O3. The second-order valence-corrected chi connectivity index (χ2v) is 6.39. The lowest BCUT2D eigenvalue weighted by Crippen LogP contribution is -2.42. The fourth-order valence-electron chi connectivity index (χ4n) is 3.09. The first-order valence-corrected chi connectivity index (χ1v) is 8.56. The standard InChI is InChI=1S/C19H22N4O3/c1-12-16(19(25)23-9-7-13(8-10-23)17(20)24)11-21-18(22-12)14-3-5-15(26-2)6-4-14/h3-6,11,13H,7-10H2,1-2H3,(H2,20,24). The summed E-state index contributed by atoms with van der Waals surface area (Å²) in [5.41, 5.74) is 7.32. The first-order chi connectivity index (χ1) is 12.5. The smallest absolute Gasteiger partial charge is 0.257 e. The second-order valence-electron chi connectivity index (χ2n) is 6.39. The van der Waals surface area contributed by atoms with Gasteiger partial charge in [0, 0.05) is 30.8 Å². The van der Waals surface area contributed by atoms with Gasteiger partial charge in [0.25, 0.3) is 5.91 Å². The molecule has 0 bridgehead atoms. The number of aryl methyl sites for hydroxylation is 1. The van der Waals surface area contributed by atoms with Crippen LogP contribution in [0.5, 0.6) is 5.75 Å². The van der Waals surface area contributed by atoms with E-state index in [4.69, 9.17) is 10.5 Å². The van der Waals surface area contributed by atoms with Crippen molar-refractivity contribution < 1.29 is 14.3 Å². The Labute approximate surface area is 152 Å². The normalized spacial score (nSPS) is 14.9. The molecule has 2 heterocycles. The van der Waals surface area contributed by atoms with Gasteiger partial charge in [0.05, 0.1) is 18.4 Å². The highest BCUT2D eigenvalue weighted by Crippen LogP contribution is 2.22. The molecule has 0 unspecified atom stereocenters. The highest BCUT2D eigenvalue weighted by molar-refractivity contribution is 5.95. The summed E-state index contributed by atoms with van der Waals surface area (Å²) in [5.74, 6) is 0.784. The van der Waals surface area contributed by atoms with Crippen LogP contribution in [0.25, 0.3) is 11.4 Å². The van der Waals surface area contributed by atoms with E-state index in [-0.39, 0.29) is 17.7 Å². The van der Waals surface area contributed by atoms with E-state index in [1.807, 2.05) is 24.3 Å². The zero-order valence-electron chi connectivity index (χ0n) is 14.9. The molecular weight excluding hydrogens is 332 g/mol. The van der Waals surface area contributed by atoms with Crippen molar-refractivity contribution in [3.05, 3.63) is 41.7 Å². The van der Waals surface area contributed by atoms with Gasteiger partial charge in [0.1, 0.15) is 5.75 Å². The number of carbonyl (C=O) groups excluding carboxylic acids is 2. The molecule has 7 heteroatoms. The molecule has 3 rings (SSSR count). The number of nitrogens with two attached hydrogens (primary N) is 1. The minimum atomic E-state index is -0.291. The average molecular weight is 354 g/mol. The molecule has 136 valence electrons. The number of rotatable bonds is 4. The summed E-state index contributed by atoms with van der Waals surface area (Å²) in [4.78, 5) is 34.6. The van der Waals surface area contributed by atoms with Gasteiger partial charge < -0.3 is 15.4 Å². The van der Waals surface area contributed by atoms with Crippen molar-refractivity contribution in [1.29, 1.82) is 0 Å². The molecule has 2 aromatic rings. The number of nitrogens with zero attached hydrogens (tertiary/aromatic N) is 3. The Balaban J connectivity index is 1.75. The molecule has 1 aliphatic rings. The minimum Gasteiger partial charge on any atom is -0.497 e. The molecule has 26 heavy (non-hydrogen) atoms. The third kappa shape index (κ3) is 3.66. The second kappa shape index (κ2) is 7.51. The minimum absolute atomic E-state index is 0.105. The third-order valence-electron chi connectivity index (χ3n) is 4.74. The summed E-state index contributed by atoms with van der Waals surface area (Å²) in [6.45, 7) is 2.84. The number of carbonyl (C=O) groups is 2. The molecule has 1 aromatic heterocycles. The van der Waals surface area contributed by atoms with E-state index in [1.54, 1.807) is 25.1 Å². The van der Waals surface area contributed by atoms with Crippen LogP contribution in [0.3, 0.4) is 0 Å². The van der Waals surface area contributed by atoms with Crippen molar-refractivity contribution in [2.24, 2.45) is 11.7 Å².